The van der Waals surface area contributed by atoms with E-state index in [0.29, 0.717) is 42.3 Å². The Balaban J connectivity index is 1.84. The van der Waals surface area contributed by atoms with E-state index < -0.39 is 21.6 Å². The van der Waals surface area contributed by atoms with E-state index in [-0.39, 0.29) is 10.8 Å². The minimum absolute atomic E-state index is 0.00719. The van der Waals surface area contributed by atoms with E-state index in [4.69, 9.17) is 9.47 Å². The second kappa shape index (κ2) is 8.58. The summed E-state index contributed by atoms with van der Waals surface area (Å²) in [5, 5.41) is 0. The molecule has 1 heterocycles. The Kier molecular flexibility index (Phi) is 6.26. The van der Waals surface area contributed by atoms with Crippen molar-refractivity contribution in [2.45, 2.75) is 44.6 Å². The Morgan fingerprint density at radius 1 is 1.16 bits per heavy atom. The third-order valence-corrected chi connectivity index (χ3v) is 6.03. The summed E-state index contributed by atoms with van der Waals surface area (Å²) in [5.74, 6) is -0.218. The predicted molar refractivity (Wildman–Crippen MR) is 117 cm³/mol. The number of nitrogens with one attached hydrogen (secondary N) is 1. The van der Waals surface area contributed by atoms with Crippen LogP contribution < -0.4 is 14.4 Å². The zero-order chi connectivity index (χ0) is 22.8. The Hall–Kier alpha value is -3.07. The van der Waals surface area contributed by atoms with Crippen LogP contribution in [0.1, 0.15) is 44.5 Å². The van der Waals surface area contributed by atoms with Crippen molar-refractivity contribution in [1.29, 1.82) is 0 Å². The standard InChI is InChI=1S/C22H26N2O6S/c1-5-12-29-21(26)16-6-8-17(9-7-16)23-31(27,28)18-10-11-20-19(13-18)24(15(2)25)14-22(3,4)30-20/h6-11,13,23H,5,12,14H2,1-4H3. The molecule has 3 rings (SSSR count). The number of hydrogen-bond donors (Lipinski definition) is 1. The van der Waals surface area contributed by atoms with Gasteiger partial charge in [0.2, 0.25) is 5.91 Å². The van der Waals surface area contributed by atoms with Crippen molar-refractivity contribution >= 4 is 33.3 Å². The van der Waals surface area contributed by atoms with Gasteiger partial charge in [-0.2, -0.15) is 0 Å². The molecule has 0 radical (unpaired) electrons. The van der Waals surface area contributed by atoms with Crippen LogP contribution in [0, 0.1) is 0 Å². The van der Waals surface area contributed by atoms with Gasteiger partial charge in [0.1, 0.15) is 11.4 Å². The van der Waals surface area contributed by atoms with E-state index in [2.05, 4.69) is 4.72 Å². The van der Waals surface area contributed by atoms with Crippen molar-refractivity contribution in [3.63, 3.8) is 0 Å². The first-order chi connectivity index (χ1) is 14.5. The summed E-state index contributed by atoms with van der Waals surface area (Å²) in [6.07, 6.45) is 0.716. The maximum Gasteiger partial charge on any atom is 0.338 e. The minimum atomic E-state index is -3.93. The van der Waals surface area contributed by atoms with Crippen molar-refractivity contribution in [3.8, 4) is 5.75 Å². The summed E-state index contributed by atoms with van der Waals surface area (Å²) in [7, 11) is -3.93. The van der Waals surface area contributed by atoms with E-state index in [1.165, 1.54) is 48.2 Å². The lowest BCUT2D eigenvalue weighted by Crippen LogP contribution is -2.48. The van der Waals surface area contributed by atoms with E-state index in [0.717, 1.165) is 0 Å². The lowest BCUT2D eigenvalue weighted by Gasteiger charge is -2.39. The number of hydrogen-bond acceptors (Lipinski definition) is 6. The smallest absolute Gasteiger partial charge is 0.338 e. The number of carbonyl (C=O) groups is 2. The molecule has 1 amide bonds. The summed E-state index contributed by atoms with van der Waals surface area (Å²) < 4.78 is 39.3. The number of esters is 1. The first-order valence-corrected chi connectivity index (χ1v) is 11.4. The number of benzene rings is 2. The molecule has 0 fully saturated rings. The van der Waals surface area contributed by atoms with Crippen molar-refractivity contribution in [1.82, 2.24) is 0 Å². The molecule has 1 N–H and O–H groups in total. The molecule has 0 saturated carbocycles. The average Bonchev–Trinajstić information content (AvgIpc) is 2.70. The van der Waals surface area contributed by atoms with Gasteiger partial charge in [-0.15, -0.1) is 0 Å². The van der Waals surface area contributed by atoms with Gasteiger partial charge in [-0.3, -0.25) is 9.52 Å². The quantitative estimate of drug-likeness (QED) is 0.681. The fourth-order valence-electron chi connectivity index (χ4n) is 3.20. The van der Waals surface area contributed by atoms with Gasteiger partial charge < -0.3 is 14.4 Å². The average molecular weight is 447 g/mol. The lowest BCUT2D eigenvalue weighted by atomic mass is 10.1. The van der Waals surface area contributed by atoms with Gasteiger partial charge in [-0.1, -0.05) is 6.92 Å². The molecule has 0 atom stereocenters. The van der Waals surface area contributed by atoms with E-state index in [9.17, 15) is 18.0 Å². The predicted octanol–water partition coefficient (Wildman–Crippen LogP) is 3.58. The number of carbonyl (C=O) groups excluding carboxylic acids is 2. The summed E-state index contributed by atoms with van der Waals surface area (Å²) in [5.41, 5.74) is 0.452. The van der Waals surface area contributed by atoms with Crippen molar-refractivity contribution < 1.29 is 27.5 Å². The molecule has 0 spiro atoms. The molecule has 2 aromatic rings. The molecule has 31 heavy (non-hydrogen) atoms. The SMILES string of the molecule is CCCOC(=O)c1ccc(NS(=O)(=O)c2ccc3c(c2)N(C(C)=O)CC(C)(C)O3)cc1. The van der Waals surface area contributed by atoms with Crippen LogP contribution in [-0.4, -0.2) is 39.0 Å². The van der Waals surface area contributed by atoms with Gasteiger partial charge in [-0.05, 0) is 62.7 Å². The highest BCUT2D eigenvalue weighted by Gasteiger charge is 2.34. The maximum absolute atomic E-state index is 12.9. The molecule has 0 aliphatic carbocycles. The summed E-state index contributed by atoms with van der Waals surface area (Å²) in [4.78, 5) is 25.5. The largest absolute Gasteiger partial charge is 0.484 e. The number of ether oxygens (including phenoxy) is 2. The minimum Gasteiger partial charge on any atom is -0.484 e. The molecule has 1 aliphatic rings. The highest BCUT2D eigenvalue weighted by Crippen LogP contribution is 2.38. The number of fused-ring (bicyclic) bond motifs is 1. The summed E-state index contributed by atoms with van der Waals surface area (Å²) in [6, 6.07) is 10.4. The second-order valence-electron chi connectivity index (χ2n) is 7.92. The van der Waals surface area contributed by atoms with Crippen molar-refractivity contribution in [2.75, 3.05) is 22.8 Å². The molecular formula is C22H26N2O6S. The highest BCUT2D eigenvalue weighted by atomic mass is 32.2. The van der Waals surface area contributed by atoms with Crippen LogP contribution in [-0.2, 0) is 19.6 Å². The molecule has 166 valence electrons. The first-order valence-electron chi connectivity index (χ1n) is 9.93. The normalized spacial score (nSPS) is 14.9. The van der Waals surface area contributed by atoms with Gasteiger partial charge in [0, 0.05) is 12.6 Å². The molecule has 8 nitrogen and oxygen atoms in total. The number of amides is 1. The molecule has 2 aromatic carbocycles. The summed E-state index contributed by atoms with van der Waals surface area (Å²) >= 11 is 0. The summed E-state index contributed by atoms with van der Waals surface area (Å²) in [6.45, 7) is 7.68. The van der Waals surface area contributed by atoms with Gasteiger partial charge >= 0.3 is 5.97 Å². The van der Waals surface area contributed by atoms with Crippen molar-refractivity contribution in [2.24, 2.45) is 0 Å². The highest BCUT2D eigenvalue weighted by molar-refractivity contribution is 7.92. The fourth-order valence-corrected chi connectivity index (χ4v) is 4.28. The number of rotatable bonds is 6. The molecule has 0 aromatic heterocycles. The van der Waals surface area contributed by atoms with Crippen LogP contribution in [0.2, 0.25) is 0 Å². The van der Waals surface area contributed by atoms with Crippen LogP contribution in [0.25, 0.3) is 0 Å². The molecule has 0 unspecified atom stereocenters. The van der Waals surface area contributed by atoms with E-state index in [1.54, 1.807) is 6.07 Å². The molecule has 1 aliphatic heterocycles. The van der Waals surface area contributed by atoms with E-state index >= 15 is 0 Å². The van der Waals surface area contributed by atoms with E-state index in [1.807, 2.05) is 20.8 Å². The number of anilines is 2. The van der Waals surface area contributed by atoms with Gasteiger partial charge in [0.25, 0.3) is 10.0 Å². The Morgan fingerprint density at radius 2 is 1.84 bits per heavy atom. The zero-order valence-electron chi connectivity index (χ0n) is 18.0. The fraction of sp³-hybridized carbons (Fsp3) is 0.364. The van der Waals surface area contributed by atoms with Gasteiger partial charge in [0.15, 0.2) is 0 Å². The second-order valence-corrected chi connectivity index (χ2v) is 9.60. The van der Waals surface area contributed by atoms with Gasteiger partial charge in [0.05, 0.1) is 29.3 Å². The van der Waals surface area contributed by atoms with Crippen LogP contribution in [0.15, 0.2) is 47.4 Å². The maximum atomic E-state index is 12.9. The van der Waals surface area contributed by atoms with Crippen LogP contribution in [0.4, 0.5) is 11.4 Å². The van der Waals surface area contributed by atoms with Crippen LogP contribution in [0.5, 0.6) is 5.75 Å². The third kappa shape index (κ3) is 5.16. The van der Waals surface area contributed by atoms with Crippen LogP contribution in [0.3, 0.4) is 0 Å². The zero-order valence-corrected chi connectivity index (χ0v) is 18.8. The third-order valence-electron chi connectivity index (χ3n) is 4.65. The topological polar surface area (TPSA) is 102 Å². The Morgan fingerprint density at radius 3 is 2.45 bits per heavy atom. The molecular weight excluding hydrogens is 420 g/mol. The lowest BCUT2D eigenvalue weighted by molar-refractivity contribution is -0.117. The monoisotopic (exact) mass is 446 g/mol. The van der Waals surface area contributed by atoms with Gasteiger partial charge in [-0.25, -0.2) is 13.2 Å². The number of nitrogens with zero attached hydrogens (tertiary/aromatic N) is 1. The number of sulfonamides is 1. The molecule has 0 saturated heterocycles. The molecule has 0 bridgehead atoms. The van der Waals surface area contributed by atoms with Crippen LogP contribution >= 0.6 is 0 Å². The Bertz CT molecular complexity index is 1090. The molecule has 9 heteroatoms. The van der Waals surface area contributed by atoms with Crippen molar-refractivity contribution in [3.05, 3.63) is 48.0 Å². The first kappa shape index (κ1) is 22.6. The Labute approximate surface area is 182 Å².